The number of halogens is 1. The minimum Gasteiger partial charge on any atom is -0.496 e. The van der Waals surface area contributed by atoms with E-state index in [1.807, 2.05) is 23.1 Å². The van der Waals surface area contributed by atoms with E-state index in [4.69, 9.17) is 4.74 Å². The highest BCUT2D eigenvalue weighted by Gasteiger charge is 2.15. The summed E-state index contributed by atoms with van der Waals surface area (Å²) in [7, 11) is 1.66. The first-order valence-electron chi connectivity index (χ1n) is 7.31. The summed E-state index contributed by atoms with van der Waals surface area (Å²) < 4.78 is 6.16. The Kier molecular flexibility index (Phi) is 5.89. The molecular formula is C16H22BrNO2. The van der Waals surface area contributed by atoms with Gasteiger partial charge < -0.3 is 9.64 Å². The molecule has 1 fully saturated rings. The third-order valence-electron chi connectivity index (χ3n) is 3.80. The molecule has 0 aromatic heterocycles. The third kappa shape index (κ3) is 4.23. The highest BCUT2D eigenvalue weighted by atomic mass is 79.9. The predicted octanol–water partition coefficient (Wildman–Crippen LogP) is 3.79. The fourth-order valence-corrected chi connectivity index (χ4v) is 3.18. The van der Waals surface area contributed by atoms with Gasteiger partial charge in [-0.2, -0.15) is 0 Å². The quantitative estimate of drug-likeness (QED) is 0.835. The van der Waals surface area contributed by atoms with E-state index in [0.29, 0.717) is 12.3 Å². The molecule has 3 nitrogen and oxygen atoms in total. The maximum atomic E-state index is 12.2. The molecule has 1 saturated heterocycles. The smallest absolute Gasteiger partial charge is 0.222 e. The standard InChI is InChI=1S/C16H22BrNO2/c1-20-15-8-6-13(12-14(15)17)7-9-16(19)18-10-4-2-3-5-11-18/h6,8,12H,2-5,7,9-11H2,1H3. The average molecular weight is 340 g/mol. The van der Waals surface area contributed by atoms with Crippen LogP contribution in [0.4, 0.5) is 0 Å². The molecule has 0 aliphatic carbocycles. The van der Waals surface area contributed by atoms with Crippen LogP contribution in [0.2, 0.25) is 0 Å². The van der Waals surface area contributed by atoms with Crippen molar-refractivity contribution in [3.05, 3.63) is 28.2 Å². The second-order valence-corrected chi connectivity index (χ2v) is 6.12. The van der Waals surface area contributed by atoms with Crippen molar-refractivity contribution in [3.8, 4) is 5.75 Å². The van der Waals surface area contributed by atoms with Crippen molar-refractivity contribution in [1.82, 2.24) is 4.90 Å². The van der Waals surface area contributed by atoms with Crippen LogP contribution in [-0.2, 0) is 11.2 Å². The number of methoxy groups -OCH3 is 1. The number of ether oxygens (including phenoxy) is 1. The van der Waals surface area contributed by atoms with Crippen LogP contribution >= 0.6 is 15.9 Å². The molecule has 0 radical (unpaired) electrons. The maximum Gasteiger partial charge on any atom is 0.222 e. The molecule has 0 bridgehead atoms. The van der Waals surface area contributed by atoms with Crippen molar-refractivity contribution in [1.29, 1.82) is 0 Å². The normalized spacial score (nSPS) is 15.8. The molecule has 20 heavy (non-hydrogen) atoms. The van der Waals surface area contributed by atoms with Crippen LogP contribution in [0.25, 0.3) is 0 Å². The molecule has 0 saturated carbocycles. The SMILES string of the molecule is COc1ccc(CCC(=O)N2CCCCCC2)cc1Br. The Labute approximate surface area is 129 Å². The van der Waals surface area contributed by atoms with Crippen molar-refractivity contribution in [2.24, 2.45) is 0 Å². The summed E-state index contributed by atoms with van der Waals surface area (Å²) in [5.74, 6) is 1.12. The topological polar surface area (TPSA) is 29.5 Å². The van der Waals surface area contributed by atoms with Gasteiger partial charge in [0.1, 0.15) is 5.75 Å². The number of hydrogen-bond acceptors (Lipinski definition) is 2. The molecule has 1 aliphatic heterocycles. The zero-order chi connectivity index (χ0) is 14.4. The minimum absolute atomic E-state index is 0.291. The lowest BCUT2D eigenvalue weighted by atomic mass is 10.1. The average Bonchev–Trinajstić information content (AvgIpc) is 2.74. The van der Waals surface area contributed by atoms with Gasteiger partial charge in [0.15, 0.2) is 0 Å². The Morgan fingerprint density at radius 3 is 2.55 bits per heavy atom. The van der Waals surface area contributed by atoms with Gasteiger partial charge in [-0.1, -0.05) is 18.9 Å². The molecule has 2 rings (SSSR count). The molecule has 0 unspecified atom stereocenters. The van der Waals surface area contributed by atoms with Crippen LogP contribution in [0.15, 0.2) is 22.7 Å². The molecule has 1 heterocycles. The number of carbonyl (C=O) groups excluding carboxylic acids is 1. The van der Waals surface area contributed by atoms with E-state index < -0.39 is 0 Å². The lowest BCUT2D eigenvalue weighted by Crippen LogP contribution is -2.31. The summed E-state index contributed by atoms with van der Waals surface area (Å²) >= 11 is 3.48. The van der Waals surface area contributed by atoms with Gasteiger partial charge in [-0.15, -0.1) is 0 Å². The van der Waals surface area contributed by atoms with Gasteiger partial charge in [0.25, 0.3) is 0 Å². The molecule has 110 valence electrons. The second-order valence-electron chi connectivity index (χ2n) is 5.26. The lowest BCUT2D eigenvalue weighted by Gasteiger charge is -2.20. The number of rotatable bonds is 4. The van der Waals surface area contributed by atoms with Crippen LogP contribution in [0.3, 0.4) is 0 Å². The van der Waals surface area contributed by atoms with Crippen molar-refractivity contribution >= 4 is 21.8 Å². The predicted molar refractivity (Wildman–Crippen MR) is 84.1 cm³/mol. The summed E-state index contributed by atoms with van der Waals surface area (Å²) in [5.41, 5.74) is 1.17. The first-order valence-corrected chi connectivity index (χ1v) is 8.10. The van der Waals surface area contributed by atoms with Crippen LogP contribution in [0.5, 0.6) is 5.75 Å². The number of nitrogens with zero attached hydrogens (tertiary/aromatic N) is 1. The first kappa shape index (κ1) is 15.4. The second kappa shape index (κ2) is 7.67. The van der Waals surface area contributed by atoms with Gasteiger partial charge in [-0.25, -0.2) is 0 Å². The zero-order valence-electron chi connectivity index (χ0n) is 12.0. The fourth-order valence-electron chi connectivity index (χ4n) is 2.59. The highest BCUT2D eigenvalue weighted by molar-refractivity contribution is 9.10. The number of carbonyl (C=O) groups is 1. The van der Waals surface area contributed by atoms with Gasteiger partial charge in [0, 0.05) is 19.5 Å². The Morgan fingerprint density at radius 1 is 1.25 bits per heavy atom. The van der Waals surface area contributed by atoms with Crippen LogP contribution in [0, 0.1) is 0 Å². The Balaban J connectivity index is 1.87. The number of hydrogen-bond donors (Lipinski definition) is 0. The van der Waals surface area contributed by atoms with Gasteiger partial charge in [0.05, 0.1) is 11.6 Å². The molecule has 4 heteroatoms. The lowest BCUT2D eigenvalue weighted by molar-refractivity contribution is -0.131. The van der Waals surface area contributed by atoms with Crippen molar-refractivity contribution in [2.75, 3.05) is 20.2 Å². The summed E-state index contributed by atoms with van der Waals surface area (Å²) in [6.07, 6.45) is 6.21. The van der Waals surface area contributed by atoms with Crippen molar-refractivity contribution in [3.63, 3.8) is 0 Å². The molecule has 1 aromatic carbocycles. The molecule has 0 spiro atoms. The summed E-state index contributed by atoms with van der Waals surface area (Å²) in [6.45, 7) is 1.87. The largest absolute Gasteiger partial charge is 0.496 e. The summed E-state index contributed by atoms with van der Waals surface area (Å²) in [4.78, 5) is 14.3. The zero-order valence-corrected chi connectivity index (χ0v) is 13.6. The van der Waals surface area contributed by atoms with E-state index in [-0.39, 0.29) is 0 Å². The van der Waals surface area contributed by atoms with Gasteiger partial charge in [0.2, 0.25) is 5.91 Å². The Hall–Kier alpha value is -1.03. The Morgan fingerprint density at radius 2 is 1.95 bits per heavy atom. The Bertz CT molecular complexity index is 454. The van der Waals surface area contributed by atoms with Gasteiger partial charge in [-0.05, 0) is 52.9 Å². The molecule has 0 atom stereocenters. The summed E-state index contributed by atoms with van der Waals surface area (Å²) in [5, 5.41) is 0. The summed E-state index contributed by atoms with van der Waals surface area (Å²) in [6, 6.07) is 6.00. The van der Waals surface area contributed by atoms with Crippen molar-refractivity contribution in [2.45, 2.75) is 38.5 Å². The molecule has 0 N–H and O–H groups in total. The molecule has 1 amide bonds. The van der Waals surface area contributed by atoms with Crippen LogP contribution in [-0.4, -0.2) is 31.0 Å². The number of amides is 1. The molecule has 1 aromatic rings. The van der Waals surface area contributed by atoms with Gasteiger partial charge >= 0.3 is 0 Å². The minimum atomic E-state index is 0.291. The van der Waals surface area contributed by atoms with E-state index >= 15 is 0 Å². The first-order chi connectivity index (χ1) is 9.70. The van der Waals surface area contributed by atoms with E-state index in [2.05, 4.69) is 15.9 Å². The van der Waals surface area contributed by atoms with E-state index in [1.165, 1.54) is 18.4 Å². The van der Waals surface area contributed by atoms with Crippen LogP contribution in [0.1, 0.15) is 37.7 Å². The number of benzene rings is 1. The van der Waals surface area contributed by atoms with E-state index in [0.717, 1.165) is 42.6 Å². The number of aryl methyl sites for hydroxylation is 1. The van der Waals surface area contributed by atoms with Gasteiger partial charge in [-0.3, -0.25) is 4.79 Å². The number of likely N-dealkylation sites (tertiary alicyclic amines) is 1. The van der Waals surface area contributed by atoms with Crippen molar-refractivity contribution < 1.29 is 9.53 Å². The maximum absolute atomic E-state index is 12.2. The molecule has 1 aliphatic rings. The van der Waals surface area contributed by atoms with E-state index in [9.17, 15) is 4.79 Å². The highest BCUT2D eigenvalue weighted by Crippen LogP contribution is 2.26. The fraction of sp³-hybridized carbons (Fsp3) is 0.562. The van der Waals surface area contributed by atoms with Crippen LogP contribution < -0.4 is 4.74 Å². The molecular weight excluding hydrogens is 318 g/mol. The monoisotopic (exact) mass is 339 g/mol. The van der Waals surface area contributed by atoms with E-state index in [1.54, 1.807) is 7.11 Å². The third-order valence-corrected chi connectivity index (χ3v) is 4.42.